The molecule has 1 aromatic carbocycles. The second-order valence-electron chi connectivity index (χ2n) is 7.80. The highest BCUT2D eigenvalue weighted by Gasteiger charge is 2.38. The van der Waals surface area contributed by atoms with Gasteiger partial charge >= 0.3 is 12.1 Å². The molecular weight excluding hydrogens is 451 g/mol. The van der Waals surface area contributed by atoms with Crippen LogP contribution in [0.25, 0.3) is 11.2 Å². The first-order valence-corrected chi connectivity index (χ1v) is 10.9. The Morgan fingerprint density at radius 2 is 1.91 bits per heavy atom. The van der Waals surface area contributed by atoms with Crippen LogP contribution in [0.2, 0.25) is 0 Å². The van der Waals surface area contributed by atoms with Crippen LogP contribution in [0.4, 0.5) is 13.2 Å². The molecule has 8 nitrogen and oxygen atoms in total. The maximum absolute atomic E-state index is 12.7. The predicted octanol–water partition coefficient (Wildman–Crippen LogP) is 3.26. The molecule has 3 N–H and O–H groups in total. The van der Waals surface area contributed by atoms with Gasteiger partial charge in [0.1, 0.15) is 5.82 Å². The van der Waals surface area contributed by atoms with E-state index in [0.717, 1.165) is 30.9 Å². The van der Waals surface area contributed by atoms with E-state index in [1.54, 1.807) is 6.20 Å². The Hall–Kier alpha value is -3.47. The average Bonchev–Trinajstić information content (AvgIpc) is 3.25. The Morgan fingerprint density at radius 1 is 1.21 bits per heavy atom. The molecule has 1 saturated heterocycles. The molecule has 1 atom stereocenters. The minimum atomic E-state index is -5.08. The van der Waals surface area contributed by atoms with Gasteiger partial charge in [-0.1, -0.05) is 31.2 Å². The quantitative estimate of drug-likeness (QED) is 0.520. The first kappa shape index (κ1) is 25.2. The second kappa shape index (κ2) is 11.1. The summed E-state index contributed by atoms with van der Waals surface area (Å²) in [5.41, 5.74) is 4.20. The Kier molecular flexibility index (Phi) is 8.21. The van der Waals surface area contributed by atoms with Gasteiger partial charge in [0.25, 0.3) is 0 Å². The molecule has 182 valence electrons. The molecule has 0 bridgehead atoms. The number of hydrogen-bond acceptors (Lipinski definition) is 5. The van der Waals surface area contributed by atoms with Gasteiger partial charge < -0.3 is 20.3 Å². The number of halogens is 3. The normalized spacial score (nSPS) is 16.1. The number of H-pyrrole nitrogens is 1. The lowest BCUT2D eigenvalue weighted by Crippen LogP contribution is -2.48. The highest BCUT2D eigenvalue weighted by molar-refractivity contribution is 5.77. The van der Waals surface area contributed by atoms with E-state index in [4.69, 9.17) is 9.90 Å². The maximum atomic E-state index is 12.7. The first-order valence-electron chi connectivity index (χ1n) is 10.9. The fraction of sp³-hybridized carbons (Fsp3) is 0.391. The van der Waals surface area contributed by atoms with Crippen molar-refractivity contribution in [3.05, 3.63) is 59.5 Å². The van der Waals surface area contributed by atoms with Crippen molar-refractivity contribution in [1.82, 2.24) is 25.2 Å². The van der Waals surface area contributed by atoms with Crippen LogP contribution in [0, 0.1) is 0 Å². The van der Waals surface area contributed by atoms with Crippen LogP contribution in [0.1, 0.15) is 36.3 Å². The van der Waals surface area contributed by atoms with Crippen LogP contribution in [-0.2, 0) is 22.4 Å². The molecule has 1 unspecified atom stereocenters. The molecule has 4 rings (SSSR count). The lowest BCUT2D eigenvalue weighted by atomic mass is 10.0. The summed E-state index contributed by atoms with van der Waals surface area (Å²) in [7, 11) is 0. The van der Waals surface area contributed by atoms with Gasteiger partial charge in [0.05, 0.1) is 5.52 Å². The molecule has 3 aromatic rings. The van der Waals surface area contributed by atoms with Crippen LogP contribution in [0.3, 0.4) is 0 Å². The lowest BCUT2D eigenvalue weighted by molar-refractivity contribution is -0.192. The molecule has 1 aliphatic heterocycles. The van der Waals surface area contributed by atoms with E-state index >= 15 is 0 Å². The summed E-state index contributed by atoms with van der Waals surface area (Å²) >= 11 is 0. The number of nitrogens with zero attached hydrogens (tertiary/aromatic N) is 3. The molecule has 0 aliphatic carbocycles. The van der Waals surface area contributed by atoms with Gasteiger partial charge in [-0.3, -0.25) is 4.79 Å². The van der Waals surface area contributed by atoms with Crippen LogP contribution < -0.4 is 5.32 Å². The van der Waals surface area contributed by atoms with Crippen molar-refractivity contribution in [1.29, 1.82) is 0 Å². The largest absolute Gasteiger partial charge is 0.490 e. The van der Waals surface area contributed by atoms with Gasteiger partial charge in [-0.05, 0) is 29.7 Å². The number of aryl methyl sites for hydroxylation is 2. The Bertz CT molecular complexity index is 1080. The summed E-state index contributed by atoms with van der Waals surface area (Å²) in [5, 5.41) is 10.7. The van der Waals surface area contributed by atoms with Crippen molar-refractivity contribution in [2.45, 2.75) is 38.4 Å². The number of carbonyl (C=O) groups is 2. The number of aliphatic carboxylic acids is 1. The maximum Gasteiger partial charge on any atom is 0.490 e. The second-order valence-corrected chi connectivity index (χ2v) is 7.80. The zero-order valence-corrected chi connectivity index (χ0v) is 18.6. The topological polar surface area (TPSA) is 111 Å². The fourth-order valence-electron chi connectivity index (χ4n) is 3.58. The van der Waals surface area contributed by atoms with Gasteiger partial charge in [-0.25, -0.2) is 14.8 Å². The number of pyridine rings is 1. The number of benzene rings is 1. The highest BCUT2D eigenvalue weighted by atomic mass is 19.4. The highest BCUT2D eigenvalue weighted by Crippen LogP contribution is 2.19. The number of imidazole rings is 1. The SMILES string of the molecule is CCc1ccc(C2CN(C(=O)CCc3nc4ncccc4[nH]3)CCN2)cc1.O=C(O)C(F)(F)F. The number of aromatic nitrogens is 3. The van der Waals surface area contributed by atoms with E-state index in [1.165, 1.54) is 11.1 Å². The van der Waals surface area contributed by atoms with Crippen molar-refractivity contribution < 1.29 is 27.9 Å². The van der Waals surface area contributed by atoms with Gasteiger partial charge in [-0.15, -0.1) is 0 Å². The Morgan fingerprint density at radius 3 is 2.53 bits per heavy atom. The number of rotatable bonds is 5. The molecule has 0 spiro atoms. The van der Waals surface area contributed by atoms with E-state index in [0.29, 0.717) is 25.0 Å². The third-order valence-electron chi connectivity index (χ3n) is 5.44. The smallest absolute Gasteiger partial charge is 0.475 e. The molecule has 0 saturated carbocycles. The van der Waals surface area contributed by atoms with E-state index in [1.807, 2.05) is 17.0 Å². The number of alkyl halides is 3. The van der Waals surface area contributed by atoms with Gasteiger partial charge in [0, 0.05) is 44.7 Å². The summed E-state index contributed by atoms with van der Waals surface area (Å²) in [4.78, 5) is 35.5. The van der Waals surface area contributed by atoms with Gasteiger partial charge in [-0.2, -0.15) is 13.2 Å². The minimum absolute atomic E-state index is 0.181. The number of amides is 1. The van der Waals surface area contributed by atoms with E-state index < -0.39 is 12.1 Å². The molecule has 1 aliphatic rings. The number of carboxylic acid groups (broad SMARTS) is 1. The molecule has 1 fully saturated rings. The number of fused-ring (bicyclic) bond motifs is 1. The third kappa shape index (κ3) is 6.77. The summed E-state index contributed by atoms with van der Waals surface area (Å²) in [6.07, 6.45) is -1.25. The van der Waals surface area contributed by atoms with Crippen molar-refractivity contribution in [2.24, 2.45) is 0 Å². The van der Waals surface area contributed by atoms with E-state index in [-0.39, 0.29) is 11.9 Å². The summed E-state index contributed by atoms with van der Waals surface area (Å²) in [6, 6.07) is 12.7. The summed E-state index contributed by atoms with van der Waals surface area (Å²) < 4.78 is 31.7. The molecule has 34 heavy (non-hydrogen) atoms. The average molecular weight is 477 g/mol. The van der Waals surface area contributed by atoms with E-state index in [9.17, 15) is 18.0 Å². The van der Waals surface area contributed by atoms with Crippen LogP contribution in [-0.4, -0.2) is 62.6 Å². The molecule has 0 radical (unpaired) electrons. The molecule has 3 heterocycles. The zero-order valence-electron chi connectivity index (χ0n) is 18.6. The van der Waals surface area contributed by atoms with Gasteiger partial charge in [0.2, 0.25) is 5.91 Å². The van der Waals surface area contributed by atoms with E-state index in [2.05, 4.69) is 51.5 Å². The van der Waals surface area contributed by atoms with Crippen LogP contribution >= 0.6 is 0 Å². The zero-order chi connectivity index (χ0) is 24.7. The Balaban J connectivity index is 0.000000406. The molecular formula is C23H26F3N5O3. The number of hydrogen-bond donors (Lipinski definition) is 3. The third-order valence-corrected chi connectivity index (χ3v) is 5.44. The predicted molar refractivity (Wildman–Crippen MR) is 119 cm³/mol. The summed E-state index contributed by atoms with van der Waals surface area (Å²) in [6.45, 7) is 4.45. The molecule has 2 aromatic heterocycles. The standard InChI is InChI=1S/C21H25N5O.C2HF3O2/c1-2-15-5-7-16(8-6-15)18-14-26(13-12-22-18)20(27)10-9-19-24-17-4-3-11-23-21(17)25-19;3-2(4,5)1(6)7/h3-8,11,18,22H,2,9-10,12-14H2,1H3,(H,23,24,25);(H,6,7). The number of aromatic amines is 1. The van der Waals surface area contributed by atoms with Crippen LogP contribution in [0.15, 0.2) is 42.6 Å². The number of piperazine rings is 1. The van der Waals surface area contributed by atoms with Crippen molar-refractivity contribution >= 4 is 23.0 Å². The van der Waals surface area contributed by atoms with Gasteiger partial charge in [0.15, 0.2) is 5.65 Å². The molecule has 1 amide bonds. The van der Waals surface area contributed by atoms with Crippen molar-refractivity contribution in [2.75, 3.05) is 19.6 Å². The monoisotopic (exact) mass is 477 g/mol. The summed E-state index contributed by atoms with van der Waals surface area (Å²) in [5.74, 6) is -1.76. The Labute approximate surface area is 194 Å². The van der Waals surface area contributed by atoms with Crippen molar-refractivity contribution in [3.8, 4) is 0 Å². The molecule has 11 heteroatoms. The fourth-order valence-corrected chi connectivity index (χ4v) is 3.58. The lowest BCUT2D eigenvalue weighted by Gasteiger charge is -2.34. The first-order chi connectivity index (χ1) is 16.2. The number of nitrogens with one attached hydrogen (secondary N) is 2. The van der Waals surface area contributed by atoms with Crippen molar-refractivity contribution in [3.63, 3.8) is 0 Å². The number of carbonyl (C=O) groups excluding carboxylic acids is 1. The minimum Gasteiger partial charge on any atom is -0.475 e. The van der Waals surface area contributed by atoms with Crippen LogP contribution in [0.5, 0.6) is 0 Å². The number of carboxylic acids is 1.